The van der Waals surface area contributed by atoms with Gasteiger partial charge in [-0.3, -0.25) is 4.79 Å². The summed E-state index contributed by atoms with van der Waals surface area (Å²) in [6, 6.07) is 13.1. The van der Waals surface area contributed by atoms with Crippen LogP contribution in [0.5, 0.6) is 11.5 Å². The average Bonchev–Trinajstić information content (AvgIpc) is 2.71. The molecule has 0 amide bonds. The van der Waals surface area contributed by atoms with Crippen molar-refractivity contribution in [3.63, 3.8) is 0 Å². The number of nitrogens with one attached hydrogen (secondary N) is 2. The van der Waals surface area contributed by atoms with E-state index in [-0.39, 0.29) is 49.2 Å². The summed E-state index contributed by atoms with van der Waals surface area (Å²) in [7, 11) is 1.43. The van der Waals surface area contributed by atoms with Gasteiger partial charge in [0.25, 0.3) is 0 Å². The lowest BCUT2D eigenvalue weighted by Gasteiger charge is -2.36. The van der Waals surface area contributed by atoms with E-state index in [0.717, 1.165) is 5.56 Å². The molecule has 3 N–H and O–H groups in total. The molecule has 0 bridgehead atoms. The van der Waals surface area contributed by atoms with Crippen molar-refractivity contribution in [1.29, 1.82) is 0 Å². The van der Waals surface area contributed by atoms with Gasteiger partial charge in [-0.2, -0.15) is 0 Å². The highest BCUT2D eigenvalue weighted by molar-refractivity contribution is 5.85. The normalized spacial score (nSPS) is 20.4. The van der Waals surface area contributed by atoms with Crippen molar-refractivity contribution in [2.75, 3.05) is 13.7 Å². The molecule has 32 heavy (non-hydrogen) atoms. The van der Waals surface area contributed by atoms with Gasteiger partial charge >= 0.3 is 12.3 Å². The van der Waals surface area contributed by atoms with Crippen molar-refractivity contribution in [3.05, 3.63) is 59.7 Å². The number of methoxy groups -OCH3 is 1. The molecule has 0 aromatic heterocycles. The van der Waals surface area contributed by atoms with Crippen LogP contribution in [0.2, 0.25) is 0 Å². The summed E-state index contributed by atoms with van der Waals surface area (Å²) in [6.07, 6.45) is -4.41. The summed E-state index contributed by atoms with van der Waals surface area (Å²) < 4.78 is 46.9. The molecule has 1 aliphatic rings. The van der Waals surface area contributed by atoms with Crippen molar-refractivity contribution < 1.29 is 32.5 Å². The van der Waals surface area contributed by atoms with Gasteiger partial charge in [0, 0.05) is 30.7 Å². The van der Waals surface area contributed by atoms with Gasteiger partial charge in [-0.15, -0.1) is 38.0 Å². The van der Waals surface area contributed by atoms with Crippen LogP contribution >= 0.6 is 24.8 Å². The second kappa shape index (κ2) is 12.2. The maximum absolute atomic E-state index is 12.6. The van der Waals surface area contributed by atoms with Crippen molar-refractivity contribution in [2.24, 2.45) is 5.92 Å². The minimum Gasteiger partial charge on any atom is -0.496 e. The van der Waals surface area contributed by atoms with Crippen molar-refractivity contribution in [1.82, 2.24) is 10.6 Å². The Bertz CT molecular complexity index is 872. The van der Waals surface area contributed by atoms with E-state index in [9.17, 15) is 23.1 Å². The highest BCUT2D eigenvalue weighted by Gasteiger charge is 2.34. The second-order valence-corrected chi connectivity index (χ2v) is 7.08. The molecule has 6 nitrogen and oxygen atoms in total. The smallest absolute Gasteiger partial charge is 0.496 e. The maximum atomic E-state index is 12.6. The average molecular weight is 497 g/mol. The zero-order valence-electron chi connectivity index (χ0n) is 17.1. The molecule has 0 aliphatic carbocycles. The Morgan fingerprint density at radius 2 is 1.88 bits per heavy atom. The largest absolute Gasteiger partial charge is 0.573 e. The molecule has 1 saturated heterocycles. The maximum Gasteiger partial charge on any atom is 0.573 e. The van der Waals surface area contributed by atoms with Crippen molar-refractivity contribution in [3.8, 4) is 11.5 Å². The fourth-order valence-electron chi connectivity index (χ4n) is 3.67. The monoisotopic (exact) mass is 496 g/mol. The molecule has 0 radical (unpaired) electrons. The first-order valence-corrected chi connectivity index (χ1v) is 9.44. The zero-order valence-corrected chi connectivity index (χ0v) is 18.7. The second-order valence-electron chi connectivity index (χ2n) is 7.08. The number of rotatable bonds is 7. The van der Waals surface area contributed by atoms with Gasteiger partial charge in [-0.05, 0) is 30.2 Å². The lowest BCUT2D eigenvalue weighted by Crippen LogP contribution is -2.50. The van der Waals surface area contributed by atoms with Gasteiger partial charge in [0.2, 0.25) is 0 Å². The highest BCUT2D eigenvalue weighted by atomic mass is 35.5. The number of carboxylic acid groups (broad SMARTS) is 1. The van der Waals surface area contributed by atoms with Crippen LogP contribution in [-0.4, -0.2) is 37.1 Å². The molecular weight excluding hydrogens is 472 g/mol. The third-order valence-corrected chi connectivity index (χ3v) is 5.07. The number of alkyl halides is 3. The highest BCUT2D eigenvalue weighted by Crippen LogP contribution is 2.30. The number of carboxylic acids is 1. The predicted octanol–water partition coefficient (Wildman–Crippen LogP) is 4.33. The van der Waals surface area contributed by atoms with Crippen molar-refractivity contribution >= 4 is 30.8 Å². The van der Waals surface area contributed by atoms with Crippen LogP contribution in [0.1, 0.15) is 23.6 Å². The number of hydrogen-bond acceptors (Lipinski definition) is 5. The lowest BCUT2D eigenvalue weighted by atomic mass is 9.86. The van der Waals surface area contributed by atoms with E-state index in [4.69, 9.17) is 4.74 Å². The quantitative estimate of drug-likeness (QED) is 0.529. The Balaban J connectivity index is 0.00000256. The first kappa shape index (κ1) is 27.8. The number of halogens is 5. The predicted molar refractivity (Wildman–Crippen MR) is 118 cm³/mol. The third kappa shape index (κ3) is 7.44. The van der Waals surface area contributed by atoms with E-state index in [1.807, 2.05) is 30.3 Å². The molecule has 1 heterocycles. The van der Waals surface area contributed by atoms with Gasteiger partial charge < -0.3 is 25.2 Å². The zero-order chi connectivity index (χ0) is 21.7. The molecule has 3 rings (SSSR count). The topological polar surface area (TPSA) is 79.8 Å². The Kier molecular flexibility index (Phi) is 10.6. The Morgan fingerprint density at radius 3 is 2.47 bits per heavy atom. The summed E-state index contributed by atoms with van der Waals surface area (Å²) in [6.45, 7) is 0.519. The van der Waals surface area contributed by atoms with Crippen LogP contribution < -0.4 is 20.1 Å². The molecule has 11 heteroatoms. The van der Waals surface area contributed by atoms with Crippen LogP contribution in [0, 0.1) is 5.92 Å². The Hall–Kier alpha value is -2.20. The number of piperidine rings is 1. The number of benzene rings is 2. The van der Waals surface area contributed by atoms with Crippen LogP contribution in [0.25, 0.3) is 0 Å². The fourth-order valence-corrected chi connectivity index (χ4v) is 3.67. The molecule has 178 valence electrons. The number of carbonyl (C=O) groups is 1. The summed E-state index contributed by atoms with van der Waals surface area (Å²) in [4.78, 5) is 11.5. The van der Waals surface area contributed by atoms with Gasteiger partial charge in [-0.1, -0.05) is 30.3 Å². The molecule has 0 spiro atoms. The Morgan fingerprint density at radius 1 is 1.19 bits per heavy atom. The van der Waals surface area contributed by atoms with Gasteiger partial charge in [0.1, 0.15) is 11.5 Å². The summed E-state index contributed by atoms with van der Waals surface area (Å²) >= 11 is 0. The third-order valence-electron chi connectivity index (χ3n) is 5.07. The van der Waals surface area contributed by atoms with Gasteiger partial charge in [0.15, 0.2) is 0 Å². The first-order valence-electron chi connectivity index (χ1n) is 9.44. The van der Waals surface area contributed by atoms with Crippen molar-refractivity contribution in [2.45, 2.75) is 31.4 Å². The van der Waals surface area contributed by atoms with E-state index >= 15 is 0 Å². The summed E-state index contributed by atoms with van der Waals surface area (Å²) in [5.41, 5.74) is 1.48. The number of ether oxygens (including phenoxy) is 2. The van der Waals surface area contributed by atoms with E-state index in [1.165, 1.54) is 25.3 Å². The Labute approximate surface area is 196 Å². The molecule has 2 aromatic rings. The molecule has 3 atom stereocenters. The van der Waals surface area contributed by atoms with E-state index in [1.54, 1.807) is 0 Å². The molecular formula is C21H25Cl2F3N2O4. The van der Waals surface area contributed by atoms with E-state index in [0.29, 0.717) is 24.3 Å². The van der Waals surface area contributed by atoms with E-state index < -0.39 is 18.2 Å². The van der Waals surface area contributed by atoms with E-state index in [2.05, 4.69) is 15.4 Å². The number of hydrogen-bond donors (Lipinski definition) is 3. The molecule has 1 aliphatic heterocycles. The number of aliphatic carboxylic acids is 1. The van der Waals surface area contributed by atoms with Gasteiger partial charge in [0.05, 0.1) is 13.0 Å². The van der Waals surface area contributed by atoms with Crippen LogP contribution in [0.4, 0.5) is 13.2 Å². The lowest BCUT2D eigenvalue weighted by molar-refractivity contribution is -0.274. The van der Waals surface area contributed by atoms with Crippen LogP contribution in [0.3, 0.4) is 0 Å². The molecule has 1 fully saturated rings. The van der Waals surface area contributed by atoms with Crippen LogP contribution in [0.15, 0.2) is 48.5 Å². The molecule has 2 aromatic carbocycles. The summed E-state index contributed by atoms with van der Waals surface area (Å²) in [5.74, 6) is -1.39. The standard InChI is InChI=1S/C21H23F3N2O4.2ClH/c1-29-18-8-7-16(30-21(22,23)24)9-14(18)11-25-17-10-15(20(27)28)12-26-19(17)13-5-3-2-4-6-13;;/h2-9,15,17,19,25-26H,10-12H2,1H3,(H,27,28);2*1H. The minimum absolute atomic E-state index is 0. The minimum atomic E-state index is -4.79. The molecule has 3 unspecified atom stereocenters. The first-order chi connectivity index (χ1) is 14.3. The van der Waals surface area contributed by atoms with Crippen LogP contribution in [-0.2, 0) is 11.3 Å². The molecule has 0 saturated carbocycles. The van der Waals surface area contributed by atoms with Gasteiger partial charge in [-0.25, -0.2) is 0 Å². The summed E-state index contributed by atoms with van der Waals surface area (Å²) in [5, 5.41) is 16.0. The fraction of sp³-hybridized carbons (Fsp3) is 0.381. The SMILES string of the molecule is COc1ccc(OC(F)(F)F)cc1CNC1CC(C(=O)O)CNC1c1ccccc1.Cl.Cl.